The van der Waals surface area contributed by atoms with Gasteiger partial charge >= 0.3 is 5.91 Å². The predicted octanol–water partition coefficient (Wildman–Crippen LogP) is 1.96. The van der Waals surface area contributed by atoms with E-state index < -0.39 is 23.7 Å². The Hall–Kier alpha value is -2.41. The van der Waals surface area contributed by atoms with Crippen molar-refractivity contribution in [2.45, 2.75) is 12.0 Å². The molecule has 2 rings (SSSR count). The number of anilines is 1. The van der Waals surface area contributed by atoms with Gasteiger partial charge < -0.3 is 10.8 Å². The van der Waals surface area contributed by atoms with Gasteiger partial charge in [-0.25, -0.2) is 5.06 Å². The van der Waals surface area contributed by atoms with Crippen LogP contribution in [-0.2, 0) is 15.2 Å². The van der Waals surface area contributed by atoms with Crippen LogP contribution >= 0.6 is 11.6 Å². The molecule has 0 radical (unpaired) electrons. The molecular weight excluding hydrogens is 332 g/mol. The highest BCUT2D eigenvalue weighted by molar-refractivity contribution is 6.36. The lowest BCUT2D eigenvalue weighted by atomic mass is 9.81. The maximum atomic E-state index is 12.1. The first-order valence-electron chi connectivity index (χ1n) is 7.09. The summed E-state index contributed by atoms with van der Waals surface area (Å²) in [5, 5.41) is 20.9. The van der Waals surface area contributed by atoms with Crippen LogP contribution in [0.1, 0.15) is 17.5 Å². The standard InChI is InChI=1S/C17H17ClN2O4/c1-20(24)16(22)15(21)10-17(23,11-5-3-2-4-6-11)13-8-7-12(18)9-14(13)19/h2-9,23-24H,10,19H2,1H3. The number of benzene rings is 2. The molecule has 0 bridgehead atoms. The van der Waals surface area contributed by atoms with Crippen LogP contribution in [0.15, 0.2) is 48.5 Å². The number of carbonyl (C=O) groups is 2. The summed E-state index contributed by atoms with van der Waals surface area (Å²) in [5.74, 6) is -2.09. The molecule has 24 heavy (non-hydrogen) atoms. The van der Waals surface area contributed by atoms with Crippen LogP contribution in [-0.4, -0.2) is 34.1 Å². The van der Waals surface area contributed by atoms with Gasteiger partial charge in [-0.15, -0.1) is 0 Å². The minimum Gasteiger partial charge on any atom is -0.398 e. The normalized spacial score (nSPS) is 13.2. The monoisotopic (exact) mass is 348 g/mol. The number of aliphatic hydroxyl groups is 1. The summed E-state index contributed by atoms with van der Waals surface area (Å²) in [7, 11) is 1.04. The molecule has 0 spiro atoms. The lowest BCUT2D eigenvalue weighted by Crippen LogP contribution is -2.38. The van der Waals surface area contributed by atoms with Gasteiger partial charge in [-0.05, 0) is 17.7 Å². The highest BCUT2D eigenvalue weighted by Crippen LogP contribution is 2.37. The van der Waals surface area contributed by atoms with E-state index in [-0.39, 0.29) is 16.3 Å². The predicted molar refractivity (Wildman–Crippen MR) is 89.5 cm³/mol. The van der Waals surface area contributed by atoms with E-state index in [0.717, 1.165) is 7.05 Å². The number of nitrogen functional groups attached to an aromatic ring is 1. The average Bonchev–Trinajstić information content (AvgIpc) is 2.54. The molecule has 2 aromatic carbocycles. The van der Waals surface area contributed by atoms with Crippen LogP contribution in [0.2, 0.25) is 5.02 Å². The quantitative estimate of drug-likeness (QED) is 0.331. The van der Waals surface area contributed by atoms with E-state index >= 15 is 0 Å². The number of amides is 1. The Morgan fingerprint density at radius 2 is 1.83 bits per heavy atom. The van der Waals surface area contributed by atoms with Gasteiger partial charge in [0.2, 0.25) is 5.78 Å². The second-order valence-electron chi connectivity index (χ2n) is 5.39. The fourth-order valence-corrected chi connectivity index (χ4v) is 2.65. The van der Waals surface area contributed by atoms with Crippen molar-refractivity contribution in [1.29, 1.82) is 0 Å². The van der Waals surface area contributed by atoms with Gasteiger partial charge in [0, 0.05) is 23.3 Å². The van der Waals surface area contributed by atoms with Gasteiger partial charge in [0.25, 0.3) is 0 Å². The van der Waals surface area contributed by atoms with E-state index in [1.165, 1.54) is 18.2 Å². The lowest BCUT2D eigenvalue weighted by Gasteiger charge is -2.30. The highest BCUT2D eigenvalue weighted by atomic mass is 35.5. The second-order valence-corrected chi connectivity index (χ2v) is 5.82. The molecule has 0 saturated heterocycles. The molecule has 6 nitrogen and oxygen atoms in total. The van der Waals surface area contributed by atoms with Crippen molar-refractivity contribution in [2.75, 3.05) is 12.8 Å². The number of ketones is 1. The zero-order chi connectivity index (χ0) is 17.9. The maximum absolute atomic E-state index is 12.1. The number of likely N-dealkylation sites (N-methyl/N-ethyl adjacent to an activating group) is 1. The molecule has 7 heteroatoms. The first-order chi connectivity index (χ1) is 11.3. The molecule has 0 heterocycles. The van der Waals surface area contributed by atoms with E-state index in [4.69, 9.17) is 22.5 Å². The summed E-state index contributed by atoms with van der Waals surface area (Å²) in [6.45, 7) is 0. The smallest absolute Gasteiger partial charge is 0.313 e. The largest absolute Gasteiger partial charge is 0.398 e. The molecule has 0 aromatic heterocycles. The zero-order valence-electron chi connectivity index (χ0n) is 12.9. The van der Waals surface area contributed by atoms with Crippen molar-refractivity contribution in [1.82, 2.24) is 5.06 Å². The number of hydrogen-bond acceptors (Lipinski definition) is 5. The molecule has 0 aliphatic carbocycles. The molecule has 1 amide bonds. The van der Waals surface area contributed by atoms with E-state index in [2.05, 4.69) is 0 Å². The van der Waals surface area contributed by atoms with Gasteiger partial charge in [0.1, 0.15) is 5.60 Å². The Bertz CT molecular complexity index is 764. The third-order valence-corrected chi connectivity index (χ3v) is 3.89. The number of hydrogen-bond donors (Lipinski definition) is 3. The van der Waals surface area contributed by atoms with Crippen molar-refractivity contribution < 1.29 is 19.9 Å². The summed E-state index contributed by atoms with van der Waals surface area (Å²) < 4.78 is 0. The summed E-state index contributed by atoms with van der Waals surface area (Å²) >= 11 is 5.89. The first kappa shape index (κ1) is 17.9. The van der Waals surface area contributed by atoms with Crippen LogP contribution in [0.4, 0.5) is 5.69 Å². The average molecular weight is 349 g/mol. The van der Waals surface area contributed by atoms with Crippen molar-refractivity contribution in [3.8, 4) is 0 Å². The lowest BCUT2D eigenvalue weighted by molar-refractivity contribution is -0.166. The van der Waals surface area contributed by atoms with Crippen LogP contribution in [0.25, 0.3) is 0 Å². The Labute approximate surface area is 144 Å². The highest BCUT2D eigenvalue weighted by Gasteiger charge is 2.38. The van der Waals surface area contributed by atoms with Crippen molar-refractivity contribution >= 4 is 29.0 Å². The fourth-order valence-electron chi connectivity index (χ4n) is 2.47. The summed E-state index contributed by atoms with van der Waals surface area (Å²) in [5.41, 5.74) is 4.95. The second kappa shape index (κ2) is 7.00. The van der Waals surface area contributed by atoms with Gasteiger partial charge in [-0.2, -0.15) is 0 Å². The van der Waals surface area contributed by atoms with Crippen molar-refractivity contribution in [3.05, 3.63) is 64.7 Å². The Morgan fingerprint density at radius 3 is 2.38 bits per heavy atom. The SMILES string of the molecule is CN(O)C(=O)C(=O)CC(O)(c1ccccc1)c1ccc(Cl)cc1N. The number of nitrogens with zero attached hydrogens (tertiary/aromatic N) is 1. The number of Topliss-reactive ketones (excluding diaryl/α,β-unsaturated/α-hetero) is 1. The van der Waals surface area contributed by atoms with Crippen LogP contribution in [0.5, 0.6) is 0 Å². The number of nitrogens with two attached hydrogens (primary N) is 1. The molecule has 0 aliphatic rings. The van der Waals surface area contributed by atoms with E-state index in [0.29, 0.717) is 10.6 Å². The molecule has 0 saturated carbocycles. The molecule has 1 unspecified atom stereocenters. The van der Waals surface area contributed by atoms with Gasteiger partial charge in [-0.3, -0.25) is 14.8 Å². The third-order valence-electron chi connectivity index (χ3n) is 3.66. The third kappa shape index (κ3) is 3.56. The maximum Gasteiger partial charge on any atom is 0.313 e. The van der Waals surface area contributed by atoms with Crippen molar-refractivity contribution in [2.24, 2.45) is 0 Å². The Balaban J connectivity index is 2.54. The zero-order valence-corrected chi connectivity index (χ0v) is 13.7. The Kier molecular flexibility index (Phi) is 5.23. The Morgan fingerprint density at radius 1 is 1.21 bits per heavy atom. The van der Waals surface area contributed by atoms with Gasteiger partial charge in [0.05, 0.1) is 6.42 Å². The van der Waals surface area contributed by atoms with Gasteiger partial charge in [0.15, 0.2) is 0 Å². The molecule has 2 aromatic rings. The minimum atomic E-state index is -1.83. The fraction of sp³-hybridized carbons (Fsp3) is 0.176. The molecule has 1 atom stereocenters. The van der Waals surface area contributed by atoms with Gasteiger partial charge in [-0.1, -0.05) is 48.0 Å². The van der Waals surface area contributed by atoms with E-state index in [1.807, 2.05) is 0 Å². The van der Waals surface area contributed by atoms with Crippen LogP contribution < -0.4 is 5.73 Å². The van der Waals surface area contributed by atoms with Crippen LogP contribution in [0, 0.1) is 0 Å². The van der Waals surface area contributed by atoms with E-state index in [1.54, 1.807) is 30.3 Å². The minimum absolute atomic E-state index is 0.180. The summed E-state index contributed by atoms with van der Waals surface area (Å²) in [6.07, 6.45) is -0.577. The molecule has 0 aliphatic heterocycles. The molecule has 4 N–H and O–H groups in total. The summed E-state index contributed by atoms with van der Waals surface area (Å²) in [4.78, 5) is 23.8. The topological polar surface area (TPSA) is 104 Å². The van der Waals surface area contributed by atoms with Crippen molar-refractivity contribution in [3.63, 3.8) is 0 Å². The number of halogens is 1. The summed E-state index contributed by atoms with van der Waals surface area (Å²) in [6, 6.07) is 12.9. The first-order valence-corrected chi connectivity index (χ1v) is 7.46. The number of rotatable bonds is 5. The molecule has 126 valence electrons. The van der Waals surface area contributed by atoms with Crippen LogP contribution in [0.3, 0.4) is 0 Å². The molecule has 0 fully saturated rings. The van der Waals surface area contributed by atoms with E-state index in [9.17, 15) is 14.7 Å². The molecular formula is C17H17ClN2O4. The number of hydroxylamine groups is 2. The number of carbonyl (C=O) groups excluding carboxylic acids is 2.